The van der Waals surface area contributed by atoms with Crippen LogP contribution in [-0.2, 0) is 0 Å². The first-order chi connectivity index (χ1) is 4.06. The molecule has 0 aliphatic heterocycles. The summed E-state index contributed by atoms with van der Waals surface area (Å²) in [5, 5.41) is 0. The van der Waals surface area contributed by atoms with Gasteiger partial charge in [0, 0.05) is 0 Å². The minimum Gasteiger partial charge on any atom is -0.455 e. The fourth-order valence-corrected chi connectivity index (χ4v) is 0.954. The molecule has 1 nitrogen and oxygen atoms in total. The Balaban J connectivity index is 3.92. The molecule has 0 aliphatic carbocycles. The second-order valence-electron chi connectivity index (χ2n) is 2.94. The first kappa shape index (κ1) is 8.96. The topological polar surface area (TPSA) is 0 Å². The molecule has 0 saturated heterocycles. The summed E-state index contributed by atoms with van der Waals surface area (Å²) in [7, 11) is 4.14. The van der Waals surface area contributed by atoms with E-state index < -0.39 is 0 Å². The molecule has 0 rings (SSSR count). The van der Waals surface area contributed by atoms with Gasteiger partial charge in [-0.15, -0.1) is 7.05 Å². The molecule has 0 fully saturated rings. The van der Waals surface area contributed by atoms with Crippen LogP contribution >= 0.6 is 0 Å². The van der Waals surface area contributed by atoms with Crippen molar-refractivity contribution in [1.29, 1.82) is 0 Å². The Morgan fingerprint density at radius 2 is 1.56 bits per heavy atom. The lowest BCUT2D eigenvalue weighted by Crippen LogP contribution is -2.46. The van der Waals surface area contributed by atoms with E-state index >= 15 is 0 Å². The van der Waals surface area contributed by atoms with Crippen molar-refractivity contribution in [1.82, 2.24) is 0 Å². The van der Waals surface area contributed by atoms with Crippen LogP contribution in [0.2, 0.25) is 0 Å². The lowest BCUT2D eigenvalue weighted by molar-refractivity contribution is -0.903. The number of nitrogens with zero attached hydrogens (tertiary/aromatic N) is 1. The molecule has 0 aromatic heterocycles. The highest BCUT2D eigenvalue weighted by Gasteiger charge is 2.13. The van der Waals surface area contributed by atoms with Crippen molar-refractivity contribution in [3.8, 4) is 0 Å². The maximum absolute atomic E-state index is 4.14. The molecular formula is C8H19N. The molecule has 0 atom stereocenters. The molecule has 0 N–H and O–H groups in total. The SMILES string of the molecule is [CH2-][N+](CC)(CC)C(C)C. The molecule has 0 unspecified atom stereocenters. The van der Waals surface area contributed by atoms with Gasteiger partial charge in [-0.2, -0.15) is 0 Å². The highest BCUT2D eigenvalue weighted by molar-refractivity contribution is 4.42. The predicted molar refractivity (Wildman–Crippen MR) is 41.8 cm³/mol. The first-order valence-electron chi connectivity index (χ1n) is 3.78. The first-order valence-corrected chi connectivity index (χ1v) is 3.78. The van der Waals surface area contributed by atoms with E-state index in [0.717, 1.165) is 17.6 Å². The van der Waals surface area contributed by atoms with Gasteiger partial charge in [-0.3, -0.25) is 0 Å². The Morgan fingerprint density at radius 3 is 1.56 bits per heavy atom. The van der Waals surface area contributed by atoms with Crippen molar-refractivity contribution < 1.29 is 4.48 Å². The fourth-order valence-electron chi connectivity index (χ4n) is 0.954. The molecule has 0 bridgehead atoms. The predicted octanol–water partition coefficient (Wildman–Crippen LogP) is 2.04. The van der Waals surface area contributed by atoms with Gasteiger partial charge in [0.1, 0.15) is 0 Å². The molecular weight excluding hydrogens is 110 g/mol. The Hall–Kier alpha value is -0.0400. The summed E-state index contributed by atoms with van der Waals surface area (Å²) in [4.78, 5) is 0. The zero-order chi connectivity index (χ0) is 7.49. The fraction of sp³-hybridized carbons (Fsp3) is 0.875. The number of hydrogen-bond donors (Lipinski definition) is 0. The van der Waals surface area contributed by atoms with Gasteiger partial charge >= 0.3 is 0 Å². The zero-order valence-electron chi connectivity index (χ0n) is 7.15. The van der Waals surface area contributed by atoms with E-state index in [1.54, 1.807) is 0 Å². The minimum absolute atomic E-state index is 0.653. The van der Waals surface area contributed by atoms with Crippen LogP contribution in [0.25, 0.3) is 0 Å². The van der Waals surface area contributed by atoms with E-state index in [1.807, 2.05) is 0 Å². The van der Waals surface area contributed by atoms with E-state index in [-0.39, 0.29) is 0 Å². The highest BCUT2D eigenvalue weighted by atomic mass is 15.3. The molecule has 56 valence electrons. The van der Waals surface area contributed by atoms with Crippen molar-refractivity contribution in [2.75, 3.05) is 13.1 Å². The van der Waals surface area contributed by atoms with E-state index in [1.165, 1.54) is 0 Å². The second-order valence-corrected chi connectivity index (χ2v) is 2.94. The normalized spacial score (nSPS) is 12.7. The molecule has 0 aromatic rings. The maximum Gasteiger partial charge on any atom is 0.0592 e. The number of quaternary nitrogens is 1. The summed E-state index contributed by atoms with van der Waals surface area (Å²) >= 11 is 0. The van der Waals surface area contributed by atoms with Gasteiger partial charge in [0.25, 0.3) is 0 Å². The molecule has 1 heteroatoms. The molecule has 0 heterocycles. The molecule has 0 spiro atoms. The van der Waals surface area contributed by atoms with Gasteiger partial charge in [-0.05, 0) is 27.7 Å². The van der Waals surface area contributed by atoms with Crippen molar-refractivity contribution >= 4 is 0 Å². The largest absolute Gasteiger partial charge is 0.455 e. The Morgan fingerprint density at radius 1 is 1.22 bits per heavy atom. The van der Waals surface area contributed by atoms with Crippen LogP contribution in [0.5, 0.6) is 0 Å². The van der Waals surface area contributed by atoms with Crippen molar-refractivity contribution in [2.24, 2.45) is 0 Å². The smallest absolute Gasteiger partial charge is 0.0592 e. The van der Waals surface area contributed by atoms with Crippen molar-refractivity contribution in [3.63, 3.8) is 0 Å². The molecule has 0 saturated carbocycles. The number of hydrogen-bond acceptors (Lipinski definition) is 0. The molecule has 0 aromatic carbocycles. The van der Waals surface area contributed by atoms with E-state index in [2.05, 4.69) is 34.7 Å². The average Bonchev–Trinajstić information content (AvgIpc) is 1.86. The van der Waals surface area contributed by atoms with Crippen LogP contribution in [0.1, 0.15) is 27.7 Å². The molecule has 0 aliphatic rings. The third-order valence-corrected chi connectivity index (χ3v) is 2.36. The van der Waals surface area contributed by atoms with Crippen LogP contribution in [0.15, 0.2) is 0 Å². The van der Waals surface area contributed by atoms with E-state index in [4.69, 9.17) is 0 Å². The zero-order valence-corrected chi connectivity index (χ0v) is 7.15. The summed E-state index contributed by atoms with van der Waals surface area (Å²) in [5.74, 6) is 0. The Kier molecular flexibility index (Phi) is 3.20. The van der Waals surface area contributed by atoms with Gasteiger partial charge in [0.15, 0.2) is 0 Å². The highest BCUT2D eigenvalue weighted by Crippen LogP contribution is 2.09. The minimum atomic E-state index is 0.653. The second kappa shape index (κ2) is 3.21. The van der Waals surface area contributed by atoms with Gasteiger partial charge in [-0.25, -0.2) is 0 Å². The monoisotopic (exact) mass is 129 g/mol. The van der Waals surface area contributed by atoms with E-state index in [9.17, 15) is 0 Å². The quantitative estimate of drug-likeness (QED) is 0.404. The van der Waals surface area contributed by atoms with Crippen LogP contribution in [0.3, 0.4) is 0 Å². The van der Waals surface area contributed by atoms with Gasteiger partial charge in [-0.1, -0.05) is 0 Å². The van der Waals surface area contributed by atoms with Gasteiger partial charge < -0.3 is 4.48 Å². The van der Waals surface area contributed by atoms with Crippen LogP contribution in [-0.4, -0.2) is 23.6 Å². The van der Waals surface area contributed by atoms with Gasteiger partial charge in [0.2, 0.25) is 0 Å². The number of rotatable bonds is 3. The third kappa shape index (κ3) is 1.98. The van der Waals surface area contributed by atoms with Crippen LogP contribution in [0, 0.1) is 7.05 Å². The summed E-state index contributed by atoms with van der Waals surface area (Å²) < 4.78 is 0.944. The van der Waals surface area contributed by atoms with Crippen molar-refractivity contribution in [2.45, 2.75) is 33.7 Å². The maximum atomic E-state index is 4.14. The lowest BCUT2D eigenvalue weighted by atomic mass is 10.2. The Bertz CT molecular complexity index is 72.6. The lowest BCUT2D eigenvalue weighted by Gasteiger charge is -2.44. The summed E-state index contributed by atoms with van der Waals surface area (Å²) in [5.41, 5.74) is 0. The summed E-state index contributed by atoms with van der Waals surface area (Å²) in [6.45, 7) is 11.1. The van der Waals surface area contributed by atoms with Crippen molar-refractivity contribution in [3.05, 3.63) is 7.05 Å². The standard InChI is InChI=1S/C8H19N/c1-6-9(5,7-2)8(3)4/h8H,5-7H2,1-4H3. The van der Waals surface area contributed by atoms with Crippen LogP contribution < -0.4 is 0 Å². The summed E-state index contributed by atoms with van der Waals surface area (Å²) in [6.07, 6.45) is 0. The Labute approximate surface area is 59.3 Å². The van der Waals surface area contributed by atoms with E-state index in [0.29, 0.717) is 6.04 Å². The average molecular weight is 129 g/mol. The van der Waals surface area contributed by atoms with Crippen LogP contribution in [0.4, 0.5) is 0 Å². The van der Waals surface area contributed by atoms with Gasteiger partial charge in [0.05, 0.1) is 19.1 Å². The summed E-state index contributed by atoms with van der Waals surface area (Å²) in [6, 6.07) is 0.653. The molecule has 9 heavy (non-hydrogen) atoms. The third-order valence-electron chi connectivity index (χ3n) is 2.36. The molecule has 0 amide bonds. The molecule has 0 radical (unpaired) electrons.